The molecular weight excluding hydrogens is 248 g/mol. The lowest BCUT2D eigenvalue weighted by atomic mass is 10.2. The minimum Gasteiger partial charge on any atom is -0.382 e. The van der Waals surface area contributed by atoms with Crippen LogP contribution in [-0.2, 0) is 9.84 Å². The van der Waals surface area contributed by atoms with Gasteiger partial charge in [-0.2, -0.15) is 0 Å². The molecule has 0 saturated carbocycles. The van der Waals surface area contributed by atoms with Gasteiger partial charge in [-0.1, -0.05) is 6.07 Å². The first kappa shape index (κ1) is 13.2. The van der Waals surface area contributed by atoms with Gasteiger partial charge in [-0.15, -0.1) is 0 Å². The number of nitrogens with one attached hydrogen (secondary N) is 1. The Bertz CT molecular complexity index is 538. The molecular formula is C13H20N2O2S. The number of benzene rings is 1. The SMILES string of the molecule is CC(C)N1CCCNc2c1cccc2S(C)(=O)=O. The molecule has 2 rings (SSSR count). The van der Waals surface area contributed by atoms with Crippen LogP contribution in [-0.4, -0.2) is 33.8 Å². The van der Waals surface area contributed by atoms with Gasteiger partial charge in [-0.25, -0.2) is 8.42 Å². The van der Waals surface area contributed by atoms with E-state index < -0.39 is 9.84 Å². The molecule has 100 valence electrons. The molecule has 0 aromatic heterocycles. The maximum Gasteiger partial charge on any atom is 0.177 e. The van der Waals surface area contributed by atoms with E-state index >= 15 is 0 Å². The van der Waals surface area contributed by atoms with Crippen LogP contribution in [0.3, 0.4) is 0 Å². The monoisotopic (exact) mass is 268 g/mol. The zero-order valence-corrected chi connectivity index (χ0v) is 11.9. The van der Waals surface area contributed by atoms with Crippen LogP contribution in [0.15, 0.2) is 23.1 Å². The van der Waals surface area contributed by atoms with Crippen molar-refractivity contribution in [2.75, 3.05) is 29.6 Å². The second kappa shape index (κ2) is 4.80. The van der Waals surface area contributed by atoms with Crippen molar-refractivity contribution in [1.82, 2.24) is 0 Å². The predicted octanol–water partition coefficient (Wildman–Crippen LogP) is 2.12. The van der Waals surface area contributed by atoms with Crippen molar-refractivity contribution < 1.29 is 8.42 Å². The Balaban J connectivity index is 2.61. The second-order valence-electron chi connectivity index (χ2n) is 4.99. The highest BCUT2D eigenvalue weighted by atomic mass is 32.2. The number of hydrogen-bond donors (Lipinski definition) is 1. The summed E-state index contributed by atoms with van der Waals surface area (Å²) in [6.45, 7) is 6.01. The van der Waals surface area contributed by atoms with E-state index in [1.807, 2.05) is 12.1 Å². The lowest BCUT2D eigenvalue weighted by Gasteiger charge is -2.29. The predicted molar refractivity (Wildman–Crippen MR) is 75.1 cm³/mol. The van der Waals surface area contributed by atoms with E-state index in [0.717, 1.165) is 30.9 Å². The van der Waals surface area contributed by atoms with Gasteiger partial charge in [-0.05, 0) is 32.4 Å². The molecule has 0 unspecified atom stereocenters. The first-order valence-electron chi connectivity index (χ1n) is 6.25. The first-order chi connectivity index (χ1) is 8.41. The van der Waals surface area contributed by atoms with E-state index in [1.165, 1.54) is 6.26 Å². The van der Waals surface area contributed by atoms with Crippen LogP contribution in [0.25, 0.3) is 0 Å². The largest absolute Gasteiger partial charge is 0.382 e. The molecule has 5 heteroatoms. The third kappa shape index (κ3) is 2.46. The maximum absolute atomic E-state index is 11.8. The van der Waals surface area contributed by atoms with Crippen molar-refractivity contribution in [3.63, 3.8) is 0 Å². The van der Waals surface area contributed by atoms with Gasteiger partial charge < -0.3 is 10.2 Å². The normalized spacial score (nSPS) is 16.1. The average Bonchev–Trinajstić information content (AvgIpc) is 2.48. The Labute approximate surface area is 109 Å². The summed E-state index contributed by atoms with van der Waals surface area (Å²) < 4.78 is 23.7. The standard InChI is InChI=1S/C13H20N2O2S/c1-10(2)15-9-5-8-14-13-11(15)6-4-7-12(13)18(3,16)17/h4,6-7,10,14H,5,8-9H2,1-3H3. The van der Waals surface area contributed by atoms with Crippen molar-refractivity contribution in [3.05, 3.63) is 18.2 Å². The zero-order chi connectivity index (χ0) is 13.3. The van der Waals surface area contributed by atoms with E-state index in [0.29, 0.717) is 10.9 Å². The molecule has 1 aromatic rings. The van der Waals surface area contributed by atoms with E-state index in [-0.39, 0.29) is 0 Å². The molecule has 0 atom stereocenters. The summed E-state index contributed by atoms with van der Waals surface area (Å²) >= 11 is 0. The van der Waals surface area contributed by atoms with E-state index in [9.17, 15) is 8.42 Å². The number of rotatable bonds is 2. The minimum absolute atomic E-state index is 0.360. The Morgan fingerprint density at radius 1 is 1.33 bits per heavy atom. The average molecular weight is 268 g/mol. The Morgan fingerprint density at radius 2 is 2.06 bits per heavy atom. The zero-order valence-electron chi connectivity index (χ0n) is 11.1. The molecule has 1 N–H and O–H groups in total. The maximum atomic E-state index is 11.8. The van der Waals surface area contributed by atoms with Gasteiger partial charge in [-0.3, -0.25) is 0 Å². The molecule has 0 bridgehead atoms. The first-order valence-corrected chi connectivity index (χ1v) is 8.14. The molecule has 0 aliphatic carbocycles. The van der Waals surface area contributed by atoms with Gasteiger partial charge in [0.15, 0.2) is 9.84 Å². The molecule has 0 fully saturated rings. The van der Waals surface area contributed by atoms with Crippen molar-refractivity contribution in [2.24, 2.45) is 0 Å². The third-order valence-corrected chi connectivity index (χ3v) is 4.35. The number of fused-ring (bicyclic) bond motifs is 1. The molecule has 0 amide bonds. The van der Waals surface area contributed by atoms with Crippen molar-refractivity contribution >= 4 is 21.2 Å². The van der Waals surface area contributed by atoms with E-state index in [1.54, 1.807) is 6.07 Å². The number of sulfone groups is 1. The lowest BCUT2D eigenvalue weighted by molar-refractivity contribution is 0.602. The molecule has 4 nitrogen and oxygen atoms in total. The molecule has 1 aliphatic rings. The summed E-state index contributed by atoms with van der Waals surface area (Å²) in [5, 5.41) is 3.26. The number of nitrogens with zero attached hydrogens (tertiary/aromatic N) is 1. The van der Waals surface area contributed by atoms with Gasteiger partial charge in [0.1, 0.15) is 0 Å². The molecule has 0 radical (unpaired) electrons. The number of hydrogen-bond acceptors (Lipinski definition) is 4. The summed E-state index contributed by atoms with van der Waals surface area (Å²) in [5.41, 5.74) is 1.75. The molecule has 1 aromatic carbocycles. The van der Waals surface area contributed by atoms with Crippen LogP contribution in [0.4, 0.5) is 11.4 Å². The smallest absolute Gasteiger partial charge is 0.177 e. The van der Waals surface area contributed by atoms with Crippen molar-refractivity contribution in [1.29, 1.82) is 0 Å². The number of para-hydroxylation sites is 1. The summed E-state index contributed by atoms with van der Waals surface area (Å²) in [7, 11) is -3.20. The van der Waals surface area contributed by atoms with Crippen LogP contribution in [0.5, 0.6) is 0 Å². The van der Waals surface area contributed by atoms with E-state index in [2.05, 4.69) is 24.1 Å². The Morgan fingerprint density at radius 3 is 2.67 bits per heavy atom. The highest BCUT2D eigenvalue weighted by molar-refractivity contribution is 7.90. The van der Waals surface area contributed by atoms with Crippen LogP contribution in [0.1, 0.15) is 20.3 Å². The summed E-state index contributed by atoms with van der Waals surface area (Å²) in [4.78, 5) is 2.65. The van der Waals surface area contributed by atoms with Gasteiger partial charge in [0.2, 0.25) is 0 Å². The lowest BCUT2D eigenvalue weighted by Crippen LogP contribution is -2.31. The molecule has 1 heterocycles. The topological polar surface area (TPSA) is 49.4 Å². The van der Waals surface area contributed by atoms with Crippen molar-refractivity contribution in [2.45, 2.75) is 31.2 Å². The van der Waals surface area contributed by atoms with Crippen molar-refractivity contribution in [3.8, 4) is 0 Å². The Kier molecular flexibility index (Phi) is 3.52. The van der Waals surface area contributed by atoms with Crippen LogP contribution >= 0.6 is 0 Å². The highest BCUT2D eigenvalue weighted by Gasteiger charge is 2.23. The summed E-state index contributed by atoms with van der Waals surface area (Å²) in [6, 6.07) is 5.84. The van der Waals surface area contributed by atoms with Gasteiger partial charge in [0, 0.05) is 25.4 Å². The van der Waals surface area contributed by atoms with Crippen LogP contribution in [0.2, 0.25) is 0 Å². The van der Waals surface area contributed by atoms with Crippen LogP contribution < -0.4 is 10.2 Å². The summed E-state index contributed by atoms with van der Waals surface area (Å²) in [5.74, 6) is 0. The molecule has 0 spiro atoms. The fraction of sp³-hybridized carbons (Fsp3) is 0.538. The number of anilines is 2. The Hall–Kier alpha value is -1.23. The van der Waals surface area contributed by atoms with E-state index in [4.69, 9.17) is 0 Å². The van der Waals surface area contributed by atoms with Gasteiger partial charge in [0.25, 0.3) is 0 Å². The fourth-order valence-corrected chi connectivity index (χ4v) is 3.24. The van der Waals surface area contributed by atoms with Gasteiger partial charge in [0.05, 0.1) is 16.3 Å². The molecule has 0 saturated heterocycles. The van der Waals surface area contributed by atoms with Gasteiger partial charge >= 0.3 is 0 Å². The summed E-state index contributed by atoms with van der Waals surface area (Å²) in [6.07, 6.45) is 2.27. The molecule has 1 aliphatic heterocycles. The second-order valence-corrected chi connectivity index (χ2v) is 6.97. The fourth-order valence-electron chi connectivity index (χ4n) is 2.37. The van der Waals surface area contributed by atoms with Crippen LogP contribution in [0, 0.1) is 0 Å². The third-order valence-electron chi connectivity index (χ3n) is 3.21. The highest BCUT2D eigenvalue weighted by Crippen LogP contribution is 2.35. The molecule has 18 heavy (non-hydrogen) atoms. The minimum atomic E-state index is -3.20. The quantitative estimate of drug-likeness (QED) is 0.892.